The number of hydrogen-bond donors (Lipinski definition) is 2. The first-order valence-corrected chi connectivity index (χ1v) is 6.40. The van der Waals surface area contributed by atoms with E-state index >= 15 is 0 Å². The molecule has 0 bridgehead atoms. The van der Waals surface area contributed by atoms with Gasteiger partial charge in [-0.25, -0.2) is 4.79 Å². The molecule has 7 heteroatoms. The molecule has 21 heavy (non-hydrogen) atoms. The van der Waals surface area contributed by atoms with E-state index in [-0.39, 0.29) is 32.0 Å². The van der Waals surface area contributed by atoms with E-state index in [2.05, 4.69) is 15.4 Å². The highest BCUT2D eigenvalue weighted by molar-refractivity contribution is 5.82. The van der Waals surface area contributed by atoms with Crippen LogP contribution in [0.1, 0.15) is 12.0 Å². The summed E-state index contributed by atoms with van der Waals surface area (Å²) in [6, 6.07) is 9.25. The maximum atomic E-state index is 11.4. The molecule has 2 N–H and O–H groups in total. The average molecular weight is 294 g/mol. The Morgan fingerprint density at radius 1 is 1.10 bits per heavy atom. The van der Waals surface area contributed by atoms with Gasteiger partial charge in [0.2, 0.25) is 5.91 Å². The highest BCUT2D eigenvalue weighted by Crippen LogP contribution is 2.00. The summed E-state index contributed by atoms with van der Waals surface area (Å²) in [6.07, 6.45) is -0.545. The largest absolute Gasteiger partial charge is 0.468 e. The smallest absolute Gasteiger partial charge is 0.407 e. The van der Waals surface area contributed by atoms with Crippen molar-refractivity contribution in [3.63, 3.8) is 0 Å². The van der Waals surface area contributed by atoms with Gasteiger partial charge in [0, 0.05) is 13.0 Å². The lowest BCUT2D eigenvalue weighted by Crippen LogP contribution is -2.33. The molecule has 0 fully saturated rings. The summed E-state index contributed by atoms with van der Waals surface area (Å²) in [4.78, 5) is 33.5. The molecule has 0 aromatic heterocycles. The van der Waals surface area contributed by atoms with Gasteiger partial charge < -0.3 is 20.1 Å². The number of ether oxygens (including phenoxy) is 2. The monoisotopic (exact) mass is 294 g/mol. The maximum Gasteiger partial charge on any atom is 0.407 e. The number of carbonyl (C=O) groups is 3. The molecule has 0 unspecified atom stereocenters. The fraction of sp³-hybridized carbons (Fsp3) is 0.357. The highest BCUT2D eigenvalue weighted by atomic mass is 16.5. The number of carbonyl (C=O) groups excluding carboxylic acids is 3. The predicted octanol–water partition coefficient (Wildman–Crippen LogP) is 0.592. The average Bonchev–Trinajstić information content (AvgIpc) is 2.51. The van der Waals surface area contributed by atoms with Crippen LogP contribution >= 0.6 is 0 Å². The summed E-state index contributed by atoms with van der Waals surface area (Å²) in [6.45, 7) is 0.107. The van der Waals surface area contributed by atoms with Crippen LogP contribution in [-0.4, -0.2) is 38.2 Å². The molecule has 7 nitrogen and oxygen atoms in total. The zero-order valence-electron chi connectivity index (χ0n) is 11.8. The zero-order chi connectivity index (χ0) is 15.5. The summed E-state index contributed by atoms with van der Waals surface area (Å²) in [7, 11) is 1.23. The van der Waals surface area contributed by atoms with Crippen molar-refractivity contribution in [3.8, 4) is 0 Å². The van der Waals surface area contributed by atoms with Crippen LogP contribution in [0.4, 0.5) is 4.79 Å². The van der Waals surface area contributed by atoms with Crippen molar-refractivity contribution in [3.05, 3.63) is 35.9 Å². The van der Waals surface area contributed by atoms with Gasteiger partial charge in [0.25, 0.3) is 0 Å². The molecule has 0 saturated heterocycles. The minimum Gasteiger partial charge on any atom is -0.468 e. The quantitative estimate of drug-likeness (QED) is 0.718. The van der Waals surface area contributed by atoms with Gasteiger partial charge in [-0.05, 0) is 5.56 Å². The van der Waals surface area contributed by atoms with Gasteiger partial charge in [-0.1, -0.05) is 30.3 Å². The van der Waals surface area contributed by atoms with Crippen molar-refractivity contribution < 1.29 is 23.9 Å². The Balaban J connectivity index is 2.10. The summed E-state index contributed by atoms with van der Waals surface area (Å²) in [5.41, 5.74) is 0.878. The Morgan fingerprint density at radius 3 is 2.48 bits per heavy atom. The summed E-state index contributed by atoms with van der Waals surface area (Å²) < 4.78 is 9.34. The van der Waals surface area contributed by atoms with Crippen LogP contribution in [0.5, 0.6) is 0 Å². The third-order valence-electron chi connectivity index (χ3n) is 2.49. The summed E-state index contributed by atoms with van der Waals surface area (Å²) in [5, 5.41) is 4.81. The van der Waals surface area contributed by atoms with E-state index in [1.165, 1.54) is 7.11 Å². The van der Waals surface area contributed by atoms with Crippen LogP contribution in [-0.2, 0) is 25.7 Å². The number of rotatable bonds is 7. The molecule has 0 aliphatic rings. The van der Waals surface area contributed by atoms with Crippen molar-refractivity contribution in [1.82, 2.24) is 10.6 Å². The van der Waals surface area contributed by atoms with E-state index in [0.29, 0.717) is 0 Å². The summed E-state index contributed by atoms with van der Waals surface area (Å²) >= 11 is 0. The molecule has 114 valence electrons. The number of benzene rings is 1. The molecule has 0 saturated carbocycles. The van der Waals surface area contributed by atoms with Crippen molar-refractivity contribution in [2.45, 2.75) is 13.0 Å². The first kappa shape index (κ1) is 16.5. The van der Waals surface area contributed by atoms with Crippen LogP contribution in [0.3, 0.4) is 0 Å². The number of nitrogens with one attached hydrogen (secondary N) is 2. The van der Waals surface area contributed by atoms with E-state index in [0.717, 1.165) is 5.56 Å². The van der Waals surface area contributed by atoms with Crippen molar-refractivity contribution in [2.24, 2.45) is 0 Å². The second-order valence-electron chi connectivity index (χ2n) is 4.09. The third kappa shape index (κ3) is 7.56. The number of alkyl carbamates (subject to hydrolysis) is 1. The van der Waals surface area contributed by atoms with E-state index in [4.69, 9.17) is 4.74 Å². The molecule has 1 aromatic carbocycles. The first-order valence-electron chi connectivity index (χ1n) is 6.40. The van der Waals surface area contributed by atoms with Crippen LogP contribution in [0.2, 0.25) is 0 Å². The van der Waals surface area contributed by atoms with Crippen molar-refractivity contribution in [2.75, 3.05) is 20.2 Å². The van der Waals surface area contributed by atoms with Gasteiger partial charge >= 0.3 is 12.1 Å². The molecule has 1 rings (SSSR count). The predicted molar refractivity (Wildman–Crippen MR) is 74.3 cm³/mol. The van der Waals surface area contributed by atoms with E-state index < -0.39 is 12.1 Å². The number of amides is 2. The lowest BCUT2D eigenvalue weighted by Gasteiger charge is -2.07. The minimum absolute atomic E-state index is 0.0530. The lowest BCUT2D eigenvalue weighted by atomic mass is 10.2. The highest BCUT2D eigenvalue weighted by Gasteiger charge is 2.07. The molecule has 0 spiro atoms. The van der Waals surface area contributed by atoms with Crippen LogP contribution < -0.4 is 10.6 Å². The SMILES string of the molecule is COC(=O)CNC(=O)CCNC(=O)OCc1ccccc1. The van der Waals surface area contributed by atoms with Gasteiger partial charge in [0.05, 0.1) is 7.11 Å². The fourth-order valence-corrected chi connectivity index (χ4v) is 1.38. The molecule has 1 aromatic rings. The lowest BCUT2D eigenvalue weighted by molar-refractivity contribution is -0.141. The van der Waals surface area contributed by atoms with Crippen molar-refractivity contribution >= 4 is 18.0 Å². The molecular formula is C14H18N2O5. The first-order chi connectivity index (χ1) is 10.1. The number of hydrogen-bond acceptors (Lipinski definition) is 5. The van der Waals surface area contributed by atoms with Gasteiger partial charge in [0.15, 0.2) is 0 Å². The van der Waals surface area contributed by atoms with Crippen LogP contribution in [0.25, 0.3) is 0 Å². The molecule has 0 atom stereocenters. The minimum atomic E-state index is -0.598. The van der Waals surface area contributed by atoms with Gasteiger partial charge in [0.1, 0.15) is 13.2 Å². The number of esters is 1. The third-order valence-corrected chi connectivity index (χ3v) is 2.49. The van der Waals surface area contributed by atoms with E-state index in [1.807, 2.05) is 30.3 Å². The standard InChI is InChI=1S/C14H18N2O5/c1-20-13(18)9-16-12(17)7-8-15-14(19)21-10-11-5-3-2-4-6-11/h2-6H,7-10H2,1H3,(H,15,19)(H,16,17). The number of methoxy groups -OCH3 is 1. The molecule has 0 aliphatic carbocycles. The molecule has 0 heterocycles. The van der Waals surface area contributed by atoms with E-state index in [1.54, 1.807) is 0 Å². The summed E-state index contributed by atoms with van der Waals surface area (Å²) in [5.74, 6) is -0.887. The van der Waals surface area contributed by atoms with Crippen LogP contribution in [0, 0.1) is 0 Å². The zero-order valence-corrected chi connectivity index (χ0v) is 11.8. The Labute approximate surface area is 122 Å². The van der Waals surface area contributed by atoms with E-state index in [9.17, 15) is 14.4 Å². The van der Waals surface area contributed by atoms with Gasteiger partial charge in [-0.2, -0.15) is 0 Å². The Kier molecular flexibility index (Phi) is 7.34. The molecule has 2 amide bonds. The normalized spacial score (nSPS) is 9.57. The second-order valence-corrected chi connectivity index (χ2v) is 4.09. The van der Waals surface area contributed by atoms with Crippen molar-refractivity contribution in [1.29, 1.82) is 0 Å². The Hall–Kier alpha value is -2.57. The molecular weight excluding hydrogens is 276 g/mol. The topological polar surface area (TPSA) is 93.7 Å². The Morgan fingerprint density at radius 2 is 1.81 bits per heavy atom. The molecule has 0 aliphatic heterocycles. The maximum absolute atomic E-state index is 11.4. The fourth-order valence-electron chi connectivity index (χ4n) is 1.38. The van der Waals surface area contributed by atoms with Gasteiger partial charge in [-0.15, -0.1) is 0 Å². The van der Waals surface area contributed by atoms with Gasteiger partial charge in [-0.3, -0.25) is 9.59 Å². The second kappa shape index (κ2) is 9.35. The van der Waals surface area contributed by atoms with Crippen LogP contribution in [0.15, 0.2) is 30.3 Å². The molecule has 0 radical (unpaired) electrons. The Bertz CT molecular complexity index is 476.